The first-order valence-electron chi connectivity index (χ1n) is 8.49. The second kappa shape index (κ2) is 6.55. The summed E-state index contributed by atoms with van der Waals surface area (Å²) in [4.78, 5) is 0. The zero-order valence-electron chi connectivity index (χ0n) is 12.1. The minimum absolute atomic E-state index is 0.0415. The number of aliphatic hydroxyl groups is 1. The van der Waals surface area contributed by atoms with Crippen molar-refractivity contribution < 1.29 is 5.11 Å². The van der Waals surface area contributed by atoms with E-state index in [4.69, 9.17) is 0 Å². The molecule has 3 heteroatoms. The summed E-state index contributed by atoms with van der Waals surface area (Å²) in [6.07, 6.45) is 11.7. The van der Waals surface area contributed by atoms with Gasteiger partial charge in [-0.3, -0.25) is 0 Å². The molecule has 3 rings (SSSR count). The monoisotopic (exact) mass is 266 g/mol. The summed E-state index contributed by atoms with van der Waals surface area (Å²) in [5.41, 5.74) is 0. The highest BCUT2D eigenvalue weighted by Crippen LogP contribution is 2.32. The van der Waals surface area contributed by atoms with Crippen LogP contribution in [-0.4, -0.2) is 36.4 Å². The minimum Gasteiger partial charge on any atom is -0.393 e. The molecule has 0 spiro atoms. The first-order valence-corrected chi connectivity index (χ1v) is 8.49. The maximum Gasteiger partial charge on any atom is 0.0580 e. The molecule has 1 heterocycles. The summed E-state index contributed by atoms with van der Waals surface area (Å²) in [7, 11) is 0. The maximum absolute atomic E-state index is 9.93. The molecule has 5 unspecified atom stereocenters. The van der Waals surface area contributed by atoms with Gasteiger partial charge in [-0.15, -0.1) is 0 Å². The molecule has 19 heavy (non-hydrogen) atoms. The van der Waals surface area contributed by atoms with Gasteiger partial charge in [0.1, 0.15) is 0 Å². The van der Waals surface area contributed by atoms with Crippen molar-refractivity contribution in [1.29, 1.82) is 0 Å². The molecule has 1 saturated heterocycles. The molecule has 0 bridgehead atoms. The Kier molecular flexibility index (Phi) is 4.78. The van der Waals surface area contributed by atoms with Crippen LogP contribution in [0, 0.1) is 11.8 Å². The Hall–Kier alpha value is -0.120. The first-order chi connectivity index (χ1) is 9.34. The van der Waals surface area contributed by atoms with Gasteiger partial charge in [0.2, 0.25) is 0 Å². The summed E-state index contributed by atoms with van der Waals surface area (Å²) in [5, 5.41) is 17.5. The van der Waals surface area contributed by atoms with Crippen LogP contribution in [0.25, 0.3) is 0 Å². The SMILES string of the molecule is OC1CCCC1CNC1CCCC1C1CCCCN1. The molecule has 2 saturated carbocycles. The highest BCUT2D eigenvalue weighted by Gasteiger charge is 2.35. The van der Waals surface area contributed by atoms with Gasteiger partial charge >= 0.3 is 0 Å². The Morgan fingerprint density at radius 3 is 2.58 bits per heavy atom. The molecular weight excluding hydrogens is 236 g/mol. The van der Waals surface area contributed by atoms with Gasteiger partial charge in [-0.05, 0) is 56.9 Å². The molecule has 3 aliphatic rings. The molecule has 0 radical (unpaired) electrons. The van der Waals surface area contributed by atoms with Crippen LogP contribution in [0.3, 0.4) is 0 Å². The fourth-order valence-corrected chi connectivity index (χ4v) is 4.53. The molecule has 110 valence electrons. The van der Waals surface area contributed by atoms with Crippen molar-refractivity contribution in [3.63, 3.8) is 0 Å². The van der Waals surface area contributed by atoms with Gasteiger partial charge < -0.3 is 15.7 Å². The predicted molar refractivity (Wildman–Crippen MR) is 78.1 cm³/mol. The van der Waals surface area contributed by atoms with E-state index in [1.54, 1.807) is 0 Å². The average Bonchev–Trinajstić information content (AvgIpc) is 3.06. The lowest BCUT2D eigenvalue weighted by Crippen LogP contribution is -2.48. The van der Waals surface area contributed by atoms with Gasteiger partial charge in [-0.2, -0.15) is 0 Å². The van der Waals surface area contributed by atoms with Gasteiger partial charge in [0.25, 0.3) is 0 Å². The third kappa shape index (κ3) is 3.32. The van der Waals surface area contributed by atoms with Crippen LogP contribution in [0.15, 0.2) is 0 Å². The van der Waals surface area contributed by atoms with E-state index < -0.39 is 0 Å². The van der Waals surface area contributed by atoms with Crippen molar-refractivity contribution in [2.75, 3.05) is 13.1 Å². The van der Waals surface area contributed by atoms with Crippen LogP contribution in [0.2, 0.25) is 0 Å². The van der Waals surface area contributed by atoms with E-state index in [2.05, 4.69) is 10.6 Å². The van der Waals surface area contributed by atoms with E-state index in [1.807, 2.05) is 0 Å². The lowest BCUT2D eigenvalue weighted by Gasteiger charge is -2.33. The van der Waals surface area contributed by atoms with Crippen molar-refractivity contribution in [3.05, 3.63) is 0 Å². The van der Waals surface area contributed by atoms with Crippen molar-refractivity contribution in [3.8, 4) is 0 Å². The number of hydrogen-bond donors (Lipinski definition) is 3. The lowest BCUT2D eigenvalue weighted by atomic mass is 9.88. The van der Waals surface area contributed by atoms with E-state index in [0.29, 0.717) is 12.0 Å². The van der Waals surface area contributed by atoms with Crippen LogP contribution < -0.4 is 10.6 Å². The van der Waals surface area contributed by atoms with Crippen molar-refractivity contribution in [2.24, 2.45) is 11.8 Å². The van der Waals surface area contributed by atoms with Gasteiger partial charge in [-0.25, -0.2) is 0 Å². The number of hydrogen-bond acceptors (Lipinski definition) is 3. The topological polar surface area (TPSA) is 44.3 Å². The number of aliphatic hydroxyl groups excluding tert-OH is 1. The predicted octanol–water partition coefficient (Wildman–Crippen LogP) is 2.05. The smallest absolute Gasteiger partial charge is 0.0580 e. The summed E-state index contributed by atoms with van der Waals surface area (Å²) in [6.45, 7) is 2.25. The summed E-state index contributed by atoms with van der Waals surface area (Å²) in [5.74, 6) is 1.35. The Balaban J connectivity index is 1.48. The Morgan fingerprint density at radius 1 is 0.947 bits per heavy atom. The molecule has 5 atom stereocenters. The molecule has 3 fully saturated rings. The highest BCUT2D eigenvalue weighted by atomic mass is 16.3. The third-order valence-corrected chi connectivity index (χ3v) is 5.70. The number of nitrogens with one attached hydrogen (secondary N) is 2. The molecule has 0 aromatic carbocycles. The average molecular weight is 266 g/mol. The van der Waals surface area contributed by atoms with Gasteiger partial charge in [0, 0.05) is 18.6 Å². The van der Waals surface area contributed by atoms with Crippen molar-refractivity contribution in [2.45, 2.75) is 76.0 Å². The Labute approximate surface area is 117 Å². The van der Waals surface area contributed by atoms with Gasteiger partial charge in [0.15, 0.2) is 0 Å². The zero-order chi connectivity index (χ0) is 13.1. The van der Waals surface area contributed by atoms with E-state index in [9.17, 15) is 5.11 Å². The molecule has 3 nitrogen and oxygen atoms in total. The molecular formula is C16H30N2O. The second-order valence-electron chi connectivity index (χ2n) is 6.92. The van der Waals surface area contributed by atoms with Crippen molar-refractivity contribution in [1.82, 2.24) is 10.6 Å². The molecule has 1 aliphatic heterocycles. The van der Waals surface area contributed by atoms with E-state index >= 15 is 0 Å². The summed E-state index contributed by atoms with van der Waals surface area (Å²) >= 11 is 0. The van der Waals surface area contributed by atoms with Crippen LogP contribution in [0.4, 0.5) is 0 Å². The van der Waals surface area contributed by atoms with Crippen molar-refractivity contribution >= 4 is 0 Å². The summed E-state index contributed by atoms with van der Waals surface area (Å²) < 4.78 is 0. The Bertz CT molecular complexity index is 278. The van der Waals surface area contributed by atoms with E-state index in [1.165, 1.54) is 57.9 Å². The normalized spacial score (nSPS) is 43.7. The van der Waals surface area contributed by atoms with Crippen LogP contribution >= 0.6 is 0 Å². The molecule has 2 aliphatic carbocycles. The molecule has 3 N–H and O–H groups in total. The van der Waals surface area contributed by atoms with Crippen LogP contribution in [0.1, 0.15) is 57.8 Å². The second-order valence-corrected chi connectivity index (χ2v) is 6.92. The Morgan fingerprint density at radius 2 is 1.84 bits per heavy atom. The third-order valence-electron chi connectivity index (χ3n) is 5.70. The summed E-state index contributed by atoms with van der Waals surface area (Å²) in [6, 6.07) is 1.45. The largest absolute Gasteiger partial charge is 0.393 e. The maximum atomic E-state index is 9.93. The van der Waals surface area contributed by atoms with Gasteiger partial charge in [0.05, 0.1) is 6.10 Å². The standard InChI is InChI=1S/C16H30N2O/c19-16-9-3-5-12(16)11-18-15-8-4-6-13(15)14-7-1-2-10-17-14/h12-19H,1-11H2. The first kappa shape index (κ1) is 13.8. The zero-order valence-corrected chi connectivity index (χ0v) is 12.1. The molecule has 0 aromatic rings. The number of rotatable bonds is 4. The fourth-order valence-electron chi connectivity index (χ4n) is 4.53. The van der Waals surface area contributed by atoms with E-state index in [0.717, 1.165) is 24.9 Å². The minimum atomic E-state index is -0.0415. The fraction of sp³-hybridized carbons (Fsp3) is 1.00. The van der Waals surface area contributed by atoms with Gasteiger partial charge in [-0.1, -0.05) is 19.3 Å². The molecule has 0 aromatic heterocycles. The van der Waals surface area contributed by atoms with Crippen LogP contribution in [0.5, 0.6) is 0 Å². The van der Waals surface area contributed by atoms with E-state index in [-0.39, 0.29) is 6.10 Å². The quantitative estimate of drug-likeness (QED) is 0.730. The number of piperidine rings is 1. The van der Waals surface area contributed by atoms with Crippen LogP contribution in [-0.2, 0) is 0 Å². The highest BCUT2D eigenvalue weighted by molar-refractivity contribution is 4.93. The molecule has 0 amide bonds. The lowest BCUT2D eigenvalue weighted by molar-refractivity contribution is 0.127.